The van der Waals surface area contributed by atoms with Crippen LogP contribution in [-0.4, -0.2) is 29.4 Å². The molecule has 0 atom stereocenters. The standard InChI is InChI=1S/C13H19N5/c1-3-4-8-18(13(15-2)17-11-14)10-12-6-5-7-16-9-12/h5-7,9H,3-4,8,10H2,1-2H3,(H,15,17). The predicted molar refractivity (Wildman–Crippen MR) is 71.7 cm³/mol. The van der Waals surface area contributed by atoms with E-state index in [4.69, 9.17) is 5.26 Å². The number of nitrogens with one attached hydrogen (secondary N) is 1. The molecule has 0 amide bonds. The van der Waals surface area contributed by atoms with Crippen LogP contribution in [0.5, 0.6) is 0 Å². The van der Waals surface area contributed by atoms with Crippen molar-refractivity contribution in [3.8, 4) is 6.19 Å². The lowest BCUT2D eigenvalue weighted by atomic mass is 10.2. The van der Waals surface area contributed by atoms with Crippen LogP contribution in [-0.2, 0) is 6.54 Å². The first-order valence-corrected chi connectivity index (χ1v) is 6.10. The molecule has 1 N–H and O–H groups in total. The zero-order valence-corrected chi connectivity index (χ0v) is 10.9. The minimum absolute atomic E-state index is 0.606. The van der Waals surface area contributed by atoms with Crippen molar-refractivity contribution < 1.29 is 0 Å². The van der Waals surface area contributed by atoms with E-state index < -0.39 is 0 Å². The van der Waals surface area contributed by atoms with Crippen molar-refractivity contribution in [2.45, 2.75) is 26.3 Å². The topological polar surface area (TPSA) is 64.3 Å². The molecule has 0 saturated carbocycles. The molecule has 0 saturated heterocycles. The van der Waals surface area contributed by atoms with Crippen LogP contribution in [0.4, 0.5) is 0 Å². The molecule has 0 aromatic carbocycles. The third-order valence-electron chi connectivity index (χ3n) is 2.56. The van der Waals surface area contributed by atoms with E-state index >= 15 is 0 Å². The van der Waals surface area contributed by atoms with E-state index in [9.17, 15) is 0 Å². The lowest BCUT2D eigenvalue weighted by Gasteiger charge is -2.24. The lowest BCUT2D eigenvalue weighted by Crippen LogP contribution is -2.39. The molecule has 5 heteroatoms. The summed E-state index contributed by atoms with van der Waals surface area (Å²) in [7, 11) is 1.78. The van der Waals surface area contributed by atoms with Gasteiger partial charge in [0.15, 0.2) is 0 Å². The zero-order valence-electron chi connectivity index (χ0n) is 10.9. The van der Waals surface area contributed by atoms with E-state index in [0.717, 1.165) is 24.9 Å². The van der Waals surface area contributed by atoms with Crippen LogP contribution >= 0.6 is 0 Å². The van der Waals surface area contributed by atoms with Gasteiger partial charge >= 0.3 is 0 Å². The van der Waals surface area contributed by atoms with E-state index in [1.807, 2.05) is 24.5 Å². The number of nitriles is 1. The molecular formula is C13H19N5. The Morgan fingerprint density at radius 2 is 2.44 bits per heavy atom. The molecule has 0 fully saturated rings. The fourth-order valence-electron chi connectivity index (χ4n) is 1.65. The monoisotopic (exact) mass is 245 g/mol. The van der Waals surface area contributed by atoms with Crippen LogP contribution in [0.2, 0.25) is 0 Å². The second kappa shape index (κ2) is 8.07. The molecule has 5 nitrogen and oxygen atoms in total. The van der Waals surface area contributed by atoms with Crippen molar-refractivity contribution in [1.82, 2.24) is 15.2 Å². The number of rotatable bonds is 5. The van der Waals surface area contributed by atoms with Crippen LogP contribution in [0.3, 0.4) is 0 Å². The van der Waals surface area contributed by atoms with Gasteiger partial charge in [-0.2, -0.15) is 5.26 Å². The molecular weight excluding hydrogens is 226 g/mol. The highest BCUT2D eigenvalue weighted by Gasteiger charge is 2.10. The van der Waals surface area contributed by atoms with Crippen LogP contribution < -0.4 is 5.32 Å². The van der Waals surface area contributed by atoms with Gasteiger partial charge in [0.2, 0.25) is 12.2 Å². The van der Waals surface area contributed by atoms with Crippen molar-refractivity contribution in [1.29, 1.82) is 5.26 Å². The Morgan fingerprint density at radius 3 is 3.00 bits per heavy atom. The van der Waals surface area contributed by atoms with Gasteiger partial charge < -0.3 is 10.2 Å². The van der Waals surface area contributed by atoms with Gasteiger partial charge in [-0.05, 0) is 18.1 Å². The summed E-state index contributed by atoms with van der Waals surface area (Å²) in [5.41, 5.74) is 1.11. The highest BCUT2D eigenvalue weighted by Crippen LogP contribution is 2.05. The van der Waals surface area contributed by atoms with Crippen LogP contribution in [0.25, 0.3) is 0 Å². The van der Waals surface area contributed by atoms with Gasteiger partial charge in [0.05, 0.1) is 0 Å². The first-order valence-electron chi connectivity index (χ1n) is 6.10. The highest BCUT2D eigenvalue weighted by atomic mass is 15.3. The summed E-state index contributed by atoms with van der Waals surface area (Å²) in [6.07, 6.45) is 7.58. The number of unbranched alkanes of at least 4 members (excludes halogenated alkanes) is 1. The quantitative estimate of drug-likeness (QED) is 0.487. The van der Waals surface area contributed by atoms with Gasteiger partial charge in [-0.25, -0.2) is 0 Å². The van der Waals surface area contributed by atoms with E-state index in [1.165, 1.54) is 0 Å². The maximum atomic E-state index is 8.69. The molecule has 0 aliphatic heterocycles. The Labute approximate surface area is 108 Å². The molecule has 18 heavy (non-hydrogen) atoms. The first-order chi connectivity index (χ1) is 8.81. The average Bonchev–Trinajstić information content (AvgIpc) is 2.42. The van der Waals surface area contributed by atoms with Gasteiger partial charge in [0.25, 0.3) is 0 Å². The van der Waals surface area contributed by atoms with E-state index in [0.29, 0.717) is 12.5 Å². The SMILES string of the molecule is CCCCN(Cc1cccnc1)C(=NC#N)NC. The average molecular weight is 245 g/mol. The largest absolute Gasteiger partial charge is 0.358 e. The molecule has 0 aliphatic rings. The molecule has 0 bridgehead atoms. The molecule has 96 valence electrons. The minimum Gasteiger partial charge on any atom is -0.358 e. The number of aromatic nitrogens is 1. The third kappa shape index (κ3) is 4.42. The van der Waals surface area contributed by atoms with E-state index in [2.05, 4.69) is 27.1 Å². The van der Waals surface area contributed by atoms with Gasteiger partial charge in [0, 0.05) is 32.5 Å². The Kier molecular flexibility index (Phi) is 6.26. The molecule has 1 heterocycles. The van der Waals surface area contributed by atoms with Gasteiger partial charge in [0.1, 0.15) is 0 Å². The Bertz CT molecular complexity index is 407. The molecule has 0 spiro atoms. The zero-order chi connectivity index (χ0) is 13.2. The summed E-state index contributed by atoms with van der Waals surface area (Å²) >= 11 is 0. The fourth-order valence-corrected chi connectivity index (χ4v) is 1.65. The van der Waals surface area contributed by atoms with E-state index in [-0.39, 0.29) is 0 Å². The van der Waals surface area contributed by atoms with Gasteiger partial charge in [-0.3, -0.25) is 4.98 Å². The summed E-state index contributed by atoms with van der Waals surface area (Å²) in [5.74, 6) is 0.606. The van der Waals surface area contributed by atoms with Crippen molar-refractivity contribution >= 4 is 5.96 Å². The van der Waals surface area contributed by atoms with Crippen LogP contribution in [0, 0.1) is 11.5 Å². The molecule has 0 radical (unpaired) electrons. The highest BCUT2D eigenvalue weighted by molar-refractivity contribution is 5.80. The van der Waals surface area contributed by atoms with Crippen LogP contribution in [0.15, 0.2) is 29.5 Å². The number of aliphatic imine (C=N–C) groups is 1. The van der Waals surface area contributed by atoms with Crippen molar-refractivity contribution in [3.63, 3.8) is 0 Å². The summed E-state index contributed by atoms with van der Waals surface area (Å²) in [5, 5.41) is 11.7. The number of nitrogens with zero attached hydrogens (tertiary/aromatic N) is 4. The Balaban J connectivity index is 2.78. The summed E-state index contributed by atoms with van der Waals surface area (Å²) in [4.78, 5) is 9.97. The Hall–Kier alpha value is -2.09. The Morgan fingerprint density at radius 1 is 1.61 bits per heavy atom. The second-order valence-electron chi connectivity index (χ2n) is 3.92. The van der Waals surface area contributed by atoms with Crippen LogP contribution in [0.1, 0.15) is 25.3 Å². The molecule has 1 aromatic rings. The summed E-state index contributed by atoms with van der Waals surface area (Å²) in [6.45, 7) is 3.71. The van der Waals surface area contributed by atoms with Gasteiger partial charge in [-0.15, -0.1) is 4.99 Å². The molecule has 1 rings (SSSR count). The number of guanidine groups is 1. The maximum Gasteiger partial charge on any atom is 0.209 e. The normalized spacial score (nSPS) is 10.8. The van der Waals surface area contributed by atoms with Crippen molar-refractivity contribution in [2.24, 2.45) is 4.99 Å². The summed E-state index contributed by atoms with van der Waals surface area (Å²) in [6, 6.07) is 3.93. The van der Waals surface area contributed by atoms with E-state index in [1.54, 1.807) is 13.2 Å². The molecule has 0 aliphatic carbocycles. The number of hydrogen-bond acceptors (Lipinski definition) is 3. The molecule has 1 aromatic heterocycles. The lowest BCUT2D eigenvalue weighted by molar-refractivity contribution is 0.390. The third-order valence-corrected chi connectivity index (χ3v) is 2.56. The second-order valence-corrected chi connectivity index (χ2v) is 3.92. The van der Waals surface area contributed by atoms with Crippen molar-refractivity contribution in [2.75, 3.05) is 13.6 Å². The fraction of sp³-hybridized carbons (Fsp3) is 0.462. The molecule has 0 unspecified atom stereocenters. The predicted octanol–water partition coefficient (Wildman–Crippen LogP) is 1.74. The minimum atomic E-state index is 0.606. The maximum absolute atomic E-state index is 8.69. The van der Waals surface area contributed by atoms with Gasteiger partial charge in [-0.1, -0.05) is 19.4 Å². The summed E-state index contributed by atoms with van der Waals surface area (Å²) < 4.78 is 0. The number of hydrogen-bond donors (Lipinski definition) is 1. The van der Waals surface area contributed by atoms with Crippen molar-refractivity contribution in [3.05, 3.63) is 30.1 Å². The first kappa shape index (κ1) is 14.0. The smallest absolute Gasteiger partial charge is 0.209 e. The number of pyridine rings is 1.